The first-order valence-corrected chi connectivity index (χ1v) is 8.73. The van der Waals surface area contributed by atoms with E-state index in [1.165, 1.54) is 6.08 Å². The van der Waals surface area contributed by atoms with Crippen LogP contribution >= 0.6 is 0 Å². The highest BCUT2D eigenvalue weighted by Gasteiger charge is 2.28. The van der Waals surface area contributed by atoms with Gasteiger partial charge in [0.25, 0.3) is 0 Å². The fourth-order valence-corrected chi connectivity index (χ4v) is 3.12. The van der Waals surface area contributed by atoms with Crippen LogP contribution in [-0.4, -0.2) is 36.0 Å². The van der Waals surface area contributed by atoms with Gasteiger partial charge in [-0.2, -0.15) is 0 Å². The number of rotatable bonds is 8. The molecule has 132 valence electrons. The van der Waals surface area contributed by atoms with Gasteiger partial charge in [-0.25, -0.2) is 0 Å². The van der Waals surface area contributed by atoms with Gasteiger partial charge < -0.3 is 4.90 Å². The molecule has 0 spiro atoms. The lowest BCUT2D eigenvalue weighted by Gasteiger charge is -2.19. The Balaban J connectivity index is 1.84. The summed E-state index contributed by atoms with van der Waals surface area (Å²) in [4.78, 5) is 38.1. The molecule has 1 aliphatic carbocycles. The van der Waals surface area contributed by atoms with Crippen molar-refractivity contribution < 1.29 is 14.4 Å². The summed E-state index contributed by atoms with van der Waals surface area (Å²) in [7, 11) is 1.77. The number of Topliss-reactive ketones (excluding diaryl/α,β-unsaturated/α-hetero) is 2. The molecule has 0 N–H and O–H groups in total. The summed E-state index contributed by atoms with van der Waals surface area (Å²) in [5, 5.41) is 0. The maximum absolute atomic E-state index is 12.6. The van der Waals surface area contributed by atoms with Crippen LogP contribution in [0.5, 0.6) is 0 Å². The third-order valence-electron chi connectivity index (χ3n) is 4.70. The Kier molecular flexibility index (Phi) is 6.45. The lowest BCUT2D eigenvalue weighted by atomic mass is 9.83. The van der Waals surface area contributed by atoms with Crippen molar-refractivity contribution in [3.63, 3.8) is 0 Å². The standard InChI is InChI=1S/C21H25NO3/c1-4-19(23)22(3)14-10-6-5-7-11-16-15(2)20(24)17-12-8-9-13-18(17)21(16)25/h4,8-9,12-13H,1,5-7,10-11,14H2,2-3H3. The molecular formula is C21H25NO3. The zero-order valence-electron chi connectivity index (χ0n) is 15.0. The molecule has 1 aromatic rings. The topological polar surface area (TPSA) is 54.5 Å². The Bertz CT molecular complexity index is 730. The minimum Gasteiger partial charge on any atom is -0.342 e. The predicted octanol–water partition coefficient (Wildman–Crippen LogP) is 3.98. The van der Waals surface area contributed by atoms with Crippen molar-refractivity contribution in [1.29, 1.82) is 0 Å². The summed E-state index contributed by atoms with van der Waals surface area (Å²) in [6.07, 6.45) is 5.69. The van der Waals surface area contributed by atoms with E-state index >= 15 is 0 Å². The number of unbranched alkanes of at least 4 members (excludes halogenated alkanes) is 3. The number of carbonyl (C=O) groups excluding carboxylic acids is 3. The van der Waals surface area contributed by atoms with Gasteiger partial charge in [0.1, 0.15) is 0 Å². The van der Waals surface area contributed by atoms with Gasteiger partial charge in [-0.15, -0.1) is 0 Å². The minimum atomic E-state index is -0.0641. The summed E-state index contributed by atoms with van der Waals surface area (Å²) in [6.45, 7) is 5.93. The molecule has 0 aliphatic heterocycles. The summed E-state index contributed by atoms with van der Waals surface area (Å²) in [5.41, 5.74) is 2.28. The first kappa shape index (κ1) is 18.8. The molecule has 0 bridgehead atoms. The number of fused-ring (bicyclic) bond motifs is 1. The molecule has 4 nitrogen and oxygen atoms in total. The van der Waals surface area contributed by atoms with Crippen molar-refractivity contribution in [3.05, 3.63) is 59.2 Å². The maximum Gasteiger partial charge on any atom is 0.245 e. The van der Waals surface area contributed by atoms with Crippen LogP contribution in [0.25, 0.3) is 0 Å². The first-order valence-electron chi connectivity index (χ1n) is 8.73. The molecule has 1 aliphatic rings. The molecular weight excluding hydrogens is 314 g/mol. The Morgan fingerprint density at radius 3 is 2.28 bits per heavy atom. The first-order chi connectivity index (χ1) is 12.0. The van der Waals surface area contributed by atoms with Gasteiger partial charge in [0, 0.05) is 35.9 Å². The van der Waals surface area contributed by atoms with Gasteiger partial charge in [0.05, 0.1) is 0 Å². The molecule has 0 atom stereocenters. The van der Waals surface area contributed by atoms with Gasteiger partial charge in [-0.3, -0.25) is 14.4 Å². The number of amides is 1. The zero-order chi connectivity index (χ0) is 18.4. The lowest BCUT2D eigenvalue weighted by molar-refractivity contribution is -0.124. The molecule has 0 aromatic heterocycles. The third kappa shape index (κ3) is 4.32. The number of benzene rings is 1. The van der Waals surface area contributed by atoms with Crippen molar-refractivity contribution >= 4 is 17.5 Å². The largest absolute Gasteiger partial charge is 0.342 e. The van der Waals surface area contributed by atoms with Gasteiger partial charge in [0.2, 0.25) is 5.91 Å². The fourth-order valence-electron chi connectivity index (χ4n) is 3.12. The molecule has 1 aromatic carbocycles. The van der Waals surface area contributed by atoms with Gasteiger partial charge in [-0.05, 0) is 32.3 Å². The molecule has 0 fully saturated rings. The number of carbonyl (C=O) groups is 3. The minimum absolute atomic E-state index is 0.0102. The average molecular weight is 339 g/mol. The molecule has 0 heterocycles. The molecule has 25 heavy (non-hydrogen) atoms. The predicted molar refractivity (Wildman–Crippen MR) is 98.7 cm³/mol. The normalized spacial score (nSPS) is 13.7. The van der Waals surface area contributed by atoms with Crippen LogP contribution in [0.2, 0.25) is 0 Å². The van der Waals surface area contributed by atoms with Crippen molar-refractivity contribution in [2.24, 2.45) is 0 Å². The van der Waals surface area contributed by atoms with Crippen LogP contribution in [-0.2, 0) is 4.79 Å². The van der Waals surface area contributed by atoms with Crippen molar-refractivity contribution in [1.82, 2.24) is 4.90 Å². The second-order valence-electron chi connectivity index (χ2n) is 6.44. The highest BCUT2D eigenvalue weighted by Crippen LogP contribution is 2.29. The van der Waals surface area contributed by atoms with E-state index in [9.17, 15) is 14.4 Å². The number of likely N-dealkylation sites (N-methyl/N-ethyl adjacent to an activating group) is 1. The molecule has 0 radical (unpaired) electrons. The average Bonchev–Trinajstić information content (AvgIpc) is 2.64. The Hall–Kier alpha value is -2.49. The fraction of sp³-hybridized carbons (Fsp3) is 0.381. The van der Waals surface area contributed by atoms with Gasteiger partial charge >= 0.3 is 0 Å². The van der Waals surface area contributed by atoms with E-state index in [1.807, 2.05) is 0 Å². The van der Waals surface area contributed by atoms with Crippen molar-refractivity contribution in [2.45, 2.75) is 39.0 Å². The number of nitrogens with zero attached hydrogens (tertiary/aromatic N) is 1. The van der Waals surface area contributed by atoms with E-state index in [0.717, 1.165) is 25.7 Å². The van der Waals surface area contributed by atoms with Crippen LogP contribution in [0.4, 0.5) is 0 Å². The number of ketones is 2. The SMILES string of the molecule is C=CC(=O)N(C)CCCCCCC1=C(C)C(=O)c2ccccc2C1=O. The molecule has 0 unspecified atom stereocenters. The zero-order valence-corrected chi connectivity index (χ0v) is 15.0. The second kappa shape index (κ2) is 8.56. The molecule has 1 amide bonds. The molecule has 2 rings (SSSR count). The van der Waals surface area contributed by atoms with E-state index in [2.05, 4.69) is 6.58 Å². The van der Waals surface area contributed by atoms with Crippen molar-refractivity contribution in [3.8, 4) is 0 Å². The third-order valence-corrected chi connectivity index (χ3v) is 4.70. The number of hydrogen-bond donors (Lipinski definition) is 0. The summed E-state index contributed by atoms with van der Waals surface area (Å²) >= 11 is 0. The van der Waals surface area contributed by atoms with Crippen LogP contribution in [0.3, 0.4) is 0 Å². The van der Waals surface area contributed by atoms with Crippen LogP contribution in [0.1, 0.15) is 59.7 Å². The second-order valence-corrected chi connectivity index (χ2v) is 6.44. The Labute approximate surface area is 149 Å². The van der Waals surface area contributed by atoms with E-state index in [-0.39, 0.29) is 17.5 Å². The van der Waals surface area contributed by atoms with Gasteiger partial charge in [0.15, 0.2) is 11.6 Å². The van der Waals surface area contributed by atoms with Crippen molar-refractivity contribution in [2.75, 3.05) is 13.6 Å². The van der Waals surface area contributed by atoms with Crippen LogP contribution in [0, 0.1) is 0 Å². The quantitative estimate of drug-likeness (QED) is 0.532. The molecule has 0 saturated heterocycles. The van der Waals surface area contributed by atoms with E-state index in [0.29, 0.717) is 35.2 Å². The monoisotopic (exact) mass is 339 g/mol. The highest BCUT2D eigenvalue weighted by atomic mass is 16.2. The highest BCUT2D eigenvalue weighted by molar-refractivity contribution is 6.26. The smallest absolute Gasteiger partial charge is 0.245 e. The van der Waals surface area contributed by atoms with Crippen LogP contribution < -0.4 is 0 Å². The van der Waals surface area contributed by atoms with Crippen LogP contribution in [0.15, 0.2) is 48.1 Å². The maximum atomic E-state index is 12.6. The number of hydrogen-bond acceptors (Lipinski definition) is 3. The Morgan fingerprint density at radius 1 is 1.04 bits per heavy atom. The van der Waals surface area contributed by atoms with Gasteiger partial charge in [-0.1, -0.05) is 43.7 Å². The summed E-state index contributed by atoms with van der Waals surface area (Å²) < 4.78 is 0. The summed E-state index contributed by atoms with van der Waals surface area (Å²) in [6, 6.07) is 7.03. The Morgan fingerprint density at radius 2 is 1.64 bits per heavy atom. The molecule has 0 saturated carbocycles. The van der Waals surface area contributed by atoms with E-state index < -0.39 is 0 Å². The molecule has 4 heteroatoms. The summed E-state index contributed by atoms with van der Waals surface area (Å²) in [5.74, 6) is -0.107. The number of allylic oxidation sites excluding steroid dienone is 2. The van der Waals surface area contributed by atoms with E-state index in [1.54, 1.807) is 43.1 Å². The van der Waals surface area contributed by atoms with E-state index in [4.69, 9.17) is 0 Å². The lowest BCUT2D eigenvalue weighted by Crippen LogP contribution is -2.25.